The summed E-state index contributed by atoms with van der Waals surface area (Å²) in [5, 5.41) is 0. The van der Waals surface area contributed by atoms with Crippen molar-refractivity contribution in [3.8, 4) is 0 Å². The van der Waals surface area contributed by atoms with Gasteiger partial charge in [0.05, 0.1) is 0 Å². The maximum atomic E-state index is 2.28. The average Bonchev–Trinajstić information content (AvgIpc) is 1.99. The lowest BCUT2D eigenvalue weighted by atomic mass is 9.77. The van der Waals surface area contributed by atoms with E-state index < -0.39 is 0 Å². The number of hydrogen-bond donors (Lipinski definition) is 0. The molecule has 1 rings (SSSR count). The molecule has 0 fully saturated rings. The molecular formula is C15H24. The molecule has 0 nitrogen and oxygen atoms in total. The maximum absolute atomic E-state index is 2.28. The normalized spacial score (nSPS) is 13.0. The van der Waals surface area contributed by atoms with E-state index in [9.17, 15) is 0 Å². The van der Waals surface area contributed by atoms with Crippen LogP contribution in [0.2, 0.25) is 0 Å². The summed E-state index contributed by atoms with van der Waals surface area (Å²) in [6.45, 7) is 15.9. The Morgan fingerprint density at radius 3 is 1.33 bits per heavy atom. The molecular weight excluding hydrogens is 180 g/mol. The SMILES string of the molecule is Cc1c(C(C)(C)C)cccc1C(C)(C)C. The Bertz CT molecular complexity index is 313. The molecule has 0 radical (unpaired) electrons. The van der Waals surface area contributed by atoms with Crippen molar-refractivity contribution in [2.75, 3.05) is 0 Å². The first-order valence-corrected chi connectivity index (χ1v) is 5.74. The van der Waals surface area contributed by atoms with Crippen LogP contribution in [0.15, 0.2) is 18.2 Å². The second-order valence-electron chi connectivity index (χ2n) is 6.48. The molecule has 0 aliphatic rings. The monoisotopic (exact) mass is 204 g/mol. The smallest absolute Gasteiger partial charge is 0.0129 e. The number of hydrogen-bond acceptors (Lipinski definition) is 0. The first kappa shape index (κ1) is 12.3. The zero-order valence-corrected chi connectivity index (χ0v) is 11.2. The van der Waals surface area contributed by atoms with Crippen molar-refractivity contribution in [3.63, 3.8) is 0 Å². The van der Waals surface area contributed by atoms with E-state index in [0.717, 1.165) is 0 Å². The highest BCUT2D eigenvalue weighted by Crippen LogP contribution is 2.32. The van der Waals surface area contributed by atoms with Crippen LogP contribution in [0.25, 0.3) is 0 Å². The molecule has 0 spiro atoms. The molecule has 0 heterocycles. The molecule has 1 aromatic rings. The molecule has 0 aliphatic heterocycles. The van der Waals surface area contributed by atoms with Crippen LogP contribution < -0.4 is 0 Å². The first-order chi connectivity index (χ1) is 6.64. The van der Waals surface area contributed by atoms with Crippen LogP contribution in [0.3, 0.4) is 0 Å². The Balaban J connectivity index is 3.37. The van der Waals surface area contributed by atoms with Crippen molar-refractivity contribution in [1.82, 2.24) is 0 Å². The fraction of sp³-hybridized carbons (Fsp3) is 0.600. The van der Waals surface area contributed by atoms with Gasteiger partial charge in [-0.1, -0.05) is 59.7 Å². The second kappa shape index (κ2) is 3.66. The van der Waals surface area contributed by atoms with Gasteiger partial charge in [-0.05, 0) is 34.4 Å². The van der Waals surface area contributed by atoms with Gasteiger partial charge in [0.1, 0.15) is 0 Å². The zero-order chi connectivity index (χ0) is 11.9. The van der Waals surface area contributed by atoms with E-state index in [-0.39, 0.29) is 10.8 Å². The molecule has 0 N–H and O–H groups in total. The van der Waals surface area contributed by atoms with Crippen LogP contribution in [-0.4, -0.2) is 0 Å². The third-order valence-corrected chi connectivity index (χ3v) is 2.95. The van der Waals surface area contributed by atoms with Crippen molar-refractivity contribution in [1.29, 1.82) is 0 Å². The summed E-state index contributed by atoms with van der Waals surface area (Å²) in [4.78, 5) is 0. The van der Waals surface area contributed by atoms with Gasteiger partial charge >= 0.3 is 0 Å². The van der Waals surface area contributed by atoms with Crippen molar-refractivity contribution in [2.24, 2.45) is 0 Å². The molecule has 0 aliphatic carbocycles. The topological polar surface area (TPSA) is 0 Å². The Morgan fingerprint density at radius 2 is 1.07 bits per heavy atom. The summed E-state index contributed by atoms with van der Waals surface area (Å²) in [5.41, 5.74) is 4.87. The Hall–Kier alpha value is -0.780. The summed E-state index contributed by atoms with van der Waals surface area (Å²) in [6.07, 6.45) is 0. The first-order valence-electron chi connectivity index (χ1n) is 5.74. The summed E-state index contributed by atoms with van der Waals surface area (Å²) >= 11 is 0. The third kappa shape index (κ3) is 2.62. The predicted octanol–water partition coefficient (Wildman–Crippen LogP) is 4.59. The second-order valence-corrected chi connectivity index (χ2v) is 6.48. The highest BCUT2D eigenvalue weighted by atomic mass is 14.3. The van der Waals surface area contributed by atoms with Gasteiger partial charge in [0.25, 0.3) is 0 Å². The van der Waals surface area contributed by atoms with Crippen LogP contribution in [0.5, 0.6) is 0 Å². The average molecular weight is 204 g/mol. The minimum Gasteiger partial charge on any atom is -0.0617 e. The quantitative estimate of drug-likeness (QED) is 0.580. The van der Waals surface area contributed by atoms with Crippen molar-refractivity contribution in [3.05, 3.63) is 34.9 Å². The van der Waals surface area contributed by atoms with Gasteiger partial charge in [-0.15, -0.1) is 0 Å². The Morgan fingerprint density at radius 1 is 0.733 bits per heavy atom. The summed E-state index contributed by atoms with van der Waals surface area (Å²) in [7, 11) is 0. The van der Waals surface area contributed by atoms with E-state index in [0.29, 0.717) is 0 Å². The molecule has 15 heavy (non-hydrogen) atoms. The molecule has 0 bridgehead atoms. The zero-order valence-electron chi connectivity index (χ0n) is 11.2. The fourth-order valence-electron chi connectivity index (χ4n) is 2.26. The van der Waals surface area contributed by atoms with Gasteiger partial charge < -0.3 is 0 Å². The van der Waals surface area contributed by atoms with E-state index in [2.05, 4.69) is 66.7 Å². The lowest BCUT2D eigenvalue weighted by Crippen LogP contribution is -2.19. The maximum Gasteiger partial charge on any atom is -0.0129 e. The van der Waals surface area contributed by atoms with E-state index in [1.807, 2.05) is 0 Å². The number of rotatable bonds is 0. The Kier molecular flexibility index (Phi) is 3.00. The molecule has 1 aromatic carbocycles. The lowest BCUT2D eigenvalue weighted by molar-refractivity contribution is 0.561. The summed E-state index contributed by atoms with van der Waals surface area (Å²) < 4.78 is 0. The van der Waals surface area contributed by atoms with E-state index in [1.54, 1.807) is 0 Å². The summed E-state index contributed by atoms with van der Waals surface area (Å²) in [6, 6.07) is 6.70. The van der Waals surface area contributed by atoms with Crippen molar-refractivity contribution >= 4 is 0 Å². The van der Waals surface area contributed by atoms with Gasteiger partial charge in [0.2, 0.25) is 0 Å². The predicted molar refractivity (Wildman–Crippen MR) is 68.6 cm³/mol. The standard InChI is InChI=1S/C15H24/c1-11-12(14(2,3)4)9-8-10-13(11)15(5,6)7/h8-10H,1-7H3. The van der Waals surface area contributed by atoms with E-state index >= 15 is 0 Å². The van der Waals surface area contributed by atoms with Crippen molar-refractivity contribution < 1.29 is 0 Å². The molecule has 84 valence electrons. The summed E-state index contributed by atoms with van der Waals surface area (Å²) in [5.74, 6) is 0. The van der Waals surface area contributed by atoms with Crippen molar-refractivity contribution in [2.45, 2.75) is 59.3 Å². The minimum absolute atomic E-state index is 0.241. The van der Waals surface area contributed by atoms with Crippen LogP contribution in [0.1, 0.15) is 58.2 Å². The highest BCUT2D eigenvalue weighted by Gasteiger charge is 2.22. The molecule has 0 saturated heterocycles. The van der Waals surface area contributed by atoms with Gasteiger partial charge in [-0.2, -0.15) is 0 Å². The highest BCUT2D eigenvalue weighted by molar-refractivity contribution is 5.41. The van der Waals surface area contributed by atoms with Crippen LogP contribution in [0, 0.1) is 6.92 Å². The molecule has 0 aromatic heterocycles. The largest absolute Gasteiger partial charge is 0.0617 e. The van der Waals surface area contributed by atoms with E-state index in [1.165, 1.54) is 16.7 Å². The molecule has 0 unspecified atom stereocenters. The minimum atomic E-state index is 0.241. The van der Waals surface area contributed by atoms with E-state index in [4.69, 9.17) is 0 Å². The van der Waals surface area contributed by atoms with Gasteiger partial charge in [0, 0.05) is 0 Å². The molecule has 0 saturated carbocycles. The molecule has 0 atom stereocenters. The van der Waals surface area contributed by atoms with Crippen LogP contribution >= 0.6 is 0 Å². The van der Waals surface area contributed by atoms with Gasteiger partial charge in [-0.25, -0.2) is 0 Å². The third-order valence-electron chi connectivity index (χ3n) is 2.95. The lowest BCUT2D eigenvalue weighted by Gasteiger charge is -2.28. The Labute approximate surface area is 94.7 Å². The van der Waals surface area contributed by atoms with Crippen LogP contribution in [-0.2, 0) is 10.8 Å². The van der Waals surface area contributed by atoms with Crippen LogP contribution in [0.4, 0.5) is 0 Å². The number of benzene rings is 1. The molecule has 0 amide bonds. The fourth-order valence-corrected chi connectivity index (χ4v) is 2.26. The van der Waals surface area contributed by atoms with Gasteiger partial charge in [-0.3, -0.25) is 0 Å². The van der Waals surface area contributed by atoms with Gasteiger partial charge in [0.15, 0.2) is 0 Å². The molecule has 0 heteroatoms.